The second kappa shape index (κ2) is 7.55. The molecule has 1 amide bonds. The molecule has 0 fully saturated rings. The Labute approximate surface area is 89.2 Å². The van der Waals surface area contributed by atoms with Crippen LogP contribution < -0.4 is 5.48 Å². The van der Waals surface area contributed by atoms with Gasteiger partial charge in [0.2, 0.25) is 0 Å². The van der Waals surface area contributed by atoms with Crippen LogP contribution in [-0.2, 0) is 9.63 Å². The van der Waals surface area contributed by atoms with Crippen LogP contribution in [0.25, 0.3) is 0 Å². The molecule has 0 aliphatic carbocycles. The van der Waals surface area contributed by atoms with Crippen LogP contribution in [0.1, 0.15) is 31.1 Å². The summed E-state index contributed by atoms with van der Waals surface area (Å²) in [5.41, 5.74) is 2.46. The summed E-state index contributed by atoms with van der Waals surface area (Å²) in [6.45, 7) is 5.21. The van der Waals surface area contributed by atoms with E-state index >= 15 is 0 Å². The molecule has 82 valence electrons. The van der Waals surface area contributed by atoms with Crippen molar-refractivity contribution < 1.29 is 14.4 Å². The zero-order valence-electron chi connectivity index (χ0n) is 9.11. The lowest BCUT2D eigenvalue weighted by atomic mass is 10.2. The molecule has 1 N–H and O–H groups in total. The number of amides is 1. The van der Waals surface area contributed by atoms with Crippen LogP contribution in [-0.4, -0.2) is 11.9 Å². The van der Waals surface area contributed by atoms with Crippen LogP contribution in [0.3, 0.4) is 0 Å². The van der Waals surface area contributed by atoms with Gasteiger partial charge in [-0.2, -0.15) is 5.48 Å². The predicted molar refractivity (Wildman–Crippen MR) is 57.0 cm³/mol. The minimum absolute atomic E-state index is 0.434. The summed E-state index contributed by atoms with van der Waals surface area (Å²) in [5, 5.41) is 0. The van der Waals surface area contributed by atoms with Gasteiger partial charge in [-0.15, -0.1) is 0 Å². The summed E-state index contributed by atoms with van der Waals surface area (Å²) in [7, 11) is 0. The maximum Gasteiger partial charge on any atom is 0.329 e. The highest BCUT2D eigenvalue weighted by atomic mass is 16.7. The summed E-state index contributed by atoms with van der Waals surface area (Å²) >= 11 is 0. The van der Waals surface area contributed by atoms with Crippen LogP contribution >= 0.6 is 0 Å². The lowest BCUT2D eigenvalue weighted by Crippen LogP contribution is -2.25. The van der Waals surface area contributed by atoms with Gasteiger partial charge in [0.25, 0.3) is 5.91 Å². The first-order valence-electron chi connectivity index (χ1n) is 4.73. The molecule has 0 radical (unpaired) electrons. The van der Waals surface area contributed by atoms with Gasteiger partial charge < -0.3 is 4.84 Å². The summed E-state index contributed by atoms with van der Waals surface area (Å²) in [5.74, 6) is -0.986. The molecule has 1 aromatic rings. The van der Waals surface area contributed by atoms with E-state index in [0.717, 1.165) is 0 Å². The maximum absolute atomic E-state index is 11.2. The summed E-state index contributed by atoms with van der Waals surface area (Å²) in [6.07, 6.45) is 0. The molecule has 0 spiro atoms. The number of hydrogen-bond donors (Lipinski definition) is 1. The number of benzene rings is 1. The Morgan fingerprint density at radius 3 is 2.13 bits per heavy atom. The quantitative estimate of drug-likeness (QED) is 0.719. The largest absolute Gasteiger partial charge is 0.341 e. The van der Waals surface area contributed by atoms with Crippen LogP contribution in [0.15, 0.2) is 30.3 Å². The molecule has 0 saturated carbocycles. The fraction of sp³-hybridized carbons (Fsp3) is 0.273. The van der Waals surface area contributed by atoms with E-state index in [9.17, 15) is 9.59 Å². The van der Waals surface area contributed by atoms with Crippen molar-refractivity contribution in [3.63, 3.8) is 0 Å². The van der Waals surface area contributed by atoms with E-state index in [1.165, 1.54) is 6.92 Å². The molecule has 0 bridgehead atoms. The number of hydrogen-bond acceptors (Lipinski definition) is 3. The van der Waals surface area contributed by atoms with E-state index in [0.29, 0.717) is 5.56 Å². The maximum atomic E-state index is 11.2. The number of hydroxylamine groups is 1. The van der Waals surface area contributed by atoms with Crippen LogP contribution in [0, 0.1) is 0 Å². The Balaban J connectivity index is 0.000000921. The monoisotopic (exact) mass is 209 g/mol. The third-order valence-corrected chi connectivity index (χ3v) is 1.32. The van der Waals surface area contributed by atoms with Crippen molar-refractivity contribution in [2.24, 2.45) is 0 Å². The topological polar surface area (TPSA) is 55.4 Å². The normalized spacial score (nSPS) is 8.20. The van der Waals surface area contributed by atoms with Crippen molar-refractivity contribution in [2.75, 3.05) is 0 Å². The summed E-state index contributed by atoms with van der Waals surface area (Å²) in [6, 6.07) is 8.49. The van der Waals surface area contributed by atoms with Gasteiger partial charge in [-0.05, 0) is 12.1 Å². The molecule has 0 atom stereocenters. The Hall–Kier alpha value is -1.84. The molecule has 0 heterocycles. The minimum atomic E-state index is -0.552. The molecule has 1 rings (SSSR count). The van der Waals surface area contributed by atoms with Crippen molar-refractivity contribution in [3.05, 3.63) is 35.9 Å². The van der Waals surface area contributed by atoms with Crippen molar-refractivity contribution in [3.8, 4) is 0 Å². The van der Waals surface area contributed by atoms with Gasteiger partial charge in [0.05, 0.1) is 0 Å². The van der Waals surface area contributed by atoms with Crippen LogP contribution in [0.2, 0.25) is 0 Å². The fourth-order valence-electron chi connectivity index (χ4n) is 0.767. The average molecular weight is 209 g/mol. The smallest absolute Gasteiger partial charge is 0.329 e. The van der Waals surface area contributed by atoms with Gasteiger partial charge in [-0.25, -0.2) is 0 Å². The van der Waals surface area contributed by atoms with Gasteiger partial charge in [0.15, 0.2) is 0 Å². The molecular formula is C11H15NO3. The molecule has 0 aromatic heterocycles. The molecule has 15 heavy (non-hydrogen) atoms. The first kappa shape index (κ1) is 13.2. The number of rotatable bonds is 1. The third kappa shape index (κ3) is 5.46. The molecular weight excluding hydrogens is 194 g/mol. The Morgan fingerprint density at radius 2 is 1.67 bits per heavy atom. The second-order valence-electron chi connectivity index (χ2n) is 2.39. The molecule has 0 saturated heterocycles. The van der Waals surface area contributed by atoms with E-state index in [2.05, 4.69) is 4.84 Å². The second-order valence-corrected chi connectivity index (χ2v) is 2.39. The number of carbonyl (C=O) groups excluding carboxylic acids is 2. The Morgan fingerprint density at radius 1 is 1.13 bits per heavy atom. The van der Waals surface area contributed by atoms with Gasteiger partial charge >= 0.3 is 5.97 Å². The number of nitrogens with one attached hydrogen (secondary N) is 1. The first-order valence-corrected chi connectivity index (χ1v) is 4.73. The lowest BCUT2D eigenvalue weighted by molar-refractivity contribution is -0.146. The van der Waals surface area contributed by atoms with Crippen molar-refractivity contribution in [2.45, 2.75) is 20.8 Å². The van der Waals surface area contributed by atoms with E-state index in [4.69, 9.17) is 0 Å². The molecule has 0 aliphatic heterocycles. The summed E-state index contributed by atoms with van der Waals surface area (Å²) < 4.78 is 0. The van der Waals surface area contributed by atoms with Gasteiger partial charge in [-0.1, -0.05) is 32.0 Å². The Kier molecular flexibility index (Phi) is 6.63. The molecule has 0 unspecified atom stereocenters. The highest BCUT2D eigenvalue weighted by molar-refractivity contribution is 5.93. The molecule has 4 heteroatoms. The molecule has 1 aromatic carbocycles. The predicted octanol–water partition coefficient (Wildman–Crippen LogP) is 1.92. The zero-order valence-corrected chi connectivity index (χ0v) is 9.11. The highest BCUT2D eigenvalue weighted by Gasteiger charge is 2.04. The third-order valence-electron chi connectivity index (χ3n) is 1.32. The summed E-state index contributed by atoms with van der Waals surface area (Å²) in [4.78, 5) is 25.8. The average Bonchev–Trinajstić information content (AvgIpc) is 2.30. The Bertz CT molecular complexity index is 309. The van der Waals surface area contributed by atoms with Gasteiger partial charge in [0.1, 0.15) is 0 Å². The van der Waals surface area contributed by atoms with E-state index in [-0.39, 0.29) is 0 Å². The standard InChI is InChI=1S/C9H9NO3.C2H6/c1-7(11)13-10-9(12)8-5-3-2-4-6-8;1-2/h2-6H,1H3,(H,10,12);1-2H3. The van der Waals surface area contributed by atoms with Crippen molar-refractivity contribution in [1.82, 2.24) is 5.48 Å². The van der Waals surface area contributed by atoms with Crippen molar-refractivity contribution >= 4 is 11.9 Å². The van der Waals surface area contributed by atoms with E-state index < -0.39 is 11.9 Å². The van der Waals surface area contributed by atoms with E-state index in [1.807, 2.05) is 19.3 Å². The van der Waals surface area contributed by atoms with E-state index in [1.54, 1.807) is 30.3 Å². The highest BCUT2D eigenvalue weighted by Crippen LogP contribution is 1.97. The number of carbonyl (C=O) groups is 2. The van der Waals surface area contributed by atoms with Crippen LogP contribution in [0.4, 0.5) is 0 Å². The SMILES string of the molecule is CC.CC(=O)ONC(=O)c1ccccc1. The molecule has 4 nitrogen and oxygen atoms in total. The zero-order chi connectivity index (χ0) is 11.7. The fourth-order valence-corrected chi connectivity index (χ4v) is 0.767. The van der Waals surface area contributed by atoms with Gasteiger partial charge in [-0.3, -0.25) is 9.59 Å². The van der Waals surface area contributed by atoms with Crippen LogP contribution in [0.5, 0.6) is 0 Å². The van der Waals surface area contributed by atoms with Gasteiger partial charge in [0, 0.05) is 12.5 Å². The molecule has 0 aliphatic rings. The minimum Gasteiger partial charge on any atom is -0.341 e. The first-order chi connectivity index (χ1) is 7.20. The van der Waals surface area contributed by atoms with Crippen molar-refractivity contribution in [1.29, 1.82) is 0 Å². The lowest BCUT2D eigenvalue weighted by Gasteiger charge is -2.02.